The number of carbonyl (C=O) groups excluding carboxylic acids is 2. The summed E-state index contributed by atoms with van der Waals surface area (Å²) in [4.78, 5) is 25.5. The van der Waals surface area contributed by atoms with Gasteiger partial charge in [-0.2, -0.15) is 0 Å². The summed E-state index contributed by atoms with van der Waals surface area (Å²) in [5.41, 5.74) is 5.70. The Morgan fingerprint density at radius 1 is 1.15 bits per heavy atom. The van der Waals surface area contributed by atoms with Crippen LogP contribution < -0.4 is 15.4 Å². The molecule has 1 aliphatic rings. The van der Waals surface area contributed by atoms with E-state index < -0.39 is 0 Å². The molecule has 0 radical (unpaired) electrons. The largest absolute Gasteiger partial charge is 0.492 e. The second kappa shape index (κ2) is 5.63. The van der Waals surface area contributed by atoms with Gasteiger partial charge in [0.25, 0.3) is 0 Å². The summed E-state index contributed by atoms with van der Waals surface area (Å²) < 4.78 is 5.37. The molecular formula is C15H20N2O3. The lowest BCUT2D eigenvalue weighted by atomic mass is 9.81. The first-order valence-corrected chi connectivity index (χ1v) is 6.72. The van der Waals surface area contributed by atoms with Crippen LogP contribution in [-0.2, 0) is 9.59 Å². The van der Waals surface area contributed by atoms with Gasteiger partial charge in [0.1, 0.15) is 12.4 Å². The molecular weight excluding hydrogens is 256 g/mol. The third kappa shape index (κ3) is 3.17. The van der Waals surface area contributed by atoms with Crippen molar-refractivity contribution in [2.24, 2.45) is 11.1 Å². The van der Waals surface area contributed by atoms with E-state index in [1.165, 1.54) is 4.90 Å². The lowest BCUT2D eigenvalue weighted by Crippen LogP contribution is -2.46. The Morgan fingerprint density at radius 3 is 2.20 bits per heavy atom. The third-order valence-corrected chi connectivity index (χ3v) is 3.24. The van der Waals surface area contributed by atoms with Crippen molar-refractivity contribution in [3.05, 3.63) is 24.3 Å². The van der Waals surface area contributed by atoms with Crippen molar-refractivity contribution >= 4 is 17.5 Å². The minimum absolute atomic E-state index is 0.151. The van der Waals surface area contributed by atoms with E-state index >= 15 is 0 Å². The molecule has 5 nitrogen and oxygen atoms in total. The lowest BCUT2D eigenvalue weighted by molar-refractivity contribution is -0.132. The van der Waals surface area contributed by atoms with Gasteiger partial charge < -0.3 is 10.5 Å². The minimum Gasteiger partial charge on any atom is -0.492 e. The van der Waals surface area contributed by atoms with Crippen LogP contribution in [0.2, 0.25) is 0 Å². The van der Waals surface area contributed by atoms with Crippen LogP contribution in [0.4, 0.5) is 5.69 Å². The van der Waals surface area contributed by atoms with Gasteiger partial charge in [-0.25, -0.2) is 0 Å². The summed E-state index contributed by atoms with van der Waals surface area (Å²) in [5, 5.41) is 0. The molecule has 2 rings (SSSR count). The van der Waals surface area contributed by atoms with E-state index in [1.807, 2.05) is 13.8 Å². The molecule has 0 atom stereocenters. The van der Waals surface area contributed by atoms with Gasteiger partial charge in [-0.15, -0.1) is 0 Å². The molecule has 2 N–H and O–H groups in total. The Balaban J connectivity index is 2.15. The second-order valence-corrected chi connectivity index (χ2v) is 5.77. The molecule has 0 saturated carbocycles. The Kier molecular flexibility index (Phi) is 4.09. The van der Waals surface area contributed by atoms with Crippen molar-refractivity contribution < 1.29 is 14.3 Å². The number of benzene rings is 1. The highest BCUT2D eigenvalue weighted by molar-refractivity contribution is 6.16. The predicted molar refractivity (Wildman–Crippen MR) is 76.5 cm³/mol. The molecule has 0 bridgehead atoms. The average Bonchev–Trinajstić information content (AvgIpc) is 2.35. The van der Waals surface area contributed by atoms with Crippen LogP contribution in [0.3, 0.4) is 0 Å². The number of nitrogens with zero attached hydrogens (tertiary/aromatic N) is 1. The minimum atomic E-state index is -0.255. The van der Waals surface area contributed by atoms with Crippen molar-refractivity contribution in [2.75, 3.05) is 18.1 Å². The van der Waals surface area contributed by atoms with Gasteiger partial charge in [-0.3, -0.25) is 14.5 Å². The van der Waals surface area contributed by atoms with E-state index in [0.717, 1.165) is 0 Å². The van der Waals surface area contributed by atoms with Gasteiger partial charge in [-0.05, 0) is 29.7 Å². The van der Waals surface area contributed by atoms with E-state index in [-0.39, 0.29) is 17.2 Å². The number of piperidine rings is 1. The average molecular weight is 276 g/mol. The number of hydrogen-bond donors (Lipinski definition) is 1. The van der Waals surface area contributed by atoms with Crippen molar-refractivity contribution in [1.82, 2.24) is 0 Å². The van der Waals surface area contributed by atoms with E-state index in [2.05, 4.69) is 0 Å². The maximum atomic E-state index is 12.1. The van der Waals surface area contributed by atoms with Gasteiger partial charge in [0.05, 0.1) is 5.69 Å². The summed E-state index contributed by atoms with van der Waals surface area (Å²) in [7, 11) is 0. The molecule has 1 saturated heterocycles. The molecule has 1 heterocycles. The SMILES string of the molecule is CC1(C)CC(=O)N(c2ccc(OCCN)cc2)C(=O)C1. The van der Waals surface area contributed by atoms with Gasteiger partial charge in [0.15, 0.2) is 0 Å². The summed E-state index contributed by atoms with van der Waals surface area (Å²) in [6.45, 7) is 4.75. The fourth-order valence-electron chi connectivity index (χ4n) is 2.33. The van der Waals surface area contributed by atoms with E-state index in [4.69, 9.17) is 10.5 Å². The van der Waals surface area contributed by atoms with Crippen LogP contribution >= 0.6 is 0 Å². The zero-order valence-electron chi connectivity index (χ0n) is 11.9. The molecule has 5 heteroatoms. The van der Waals surface area contributed by atoms with Crippen molar-refractivity contribution in [1.29, 1.82) is 0 Å². The quantitative estimate of drug-likeness (QED) is 0.850. The van der Waals surface area contributed by atoms with E-state index in [1.54, 1.807) is 24.3 Å². The smallest absolute Gasteiger partial charge is 0.234 e. The van der Waals surface area contributed by atoms with Crippen molar-refractivity contribution in [2.45, 2.75) is 26.7 Å². The summed E-state index contributed by atoms with van der Waals surface area (Å²) in [6.07, 6.45) is 0.758. The van der Waals surface area contributed by atoms with Gasteiger partial charge in [0, 0.05) is 19.4 Å². The second-order valence-electron chi connectivity index (χ2n) is 5.77. The Morgan fingerprint density at radius 2 is 1.70 bits per heavy atom. The lowest BCUT2D eigenvalue weighted by Gasteiger charge is -2.34. The Bertz CT molecular complexity index is 488. The number of hydrogen-bond acceptors (Lipinski definition) is 4. The molecule has 1 aromatic carbocycles. The number of nitrogens with two attached hydrogens (primary N) is 1. The first-order valence-electron chi connectivity index (χ1n) is 6.72. The number of anilines is 1. The normalized spacial score (nSPS) is 18.2. The zero-order valence-corrected chi connectivity index (χ0v) is 11.9. The zero-order chi connectivity index (χ0) is 14.8. The van der Waals surface area contributed by atoms with Crippen LogP contribution in [0.15, 0.2) is 24.3 Å². The highest BCUT2D eigenvalue weighted by Gasteiger charge is 2.38. The highest BCUT2D eigenvalue weighted by atomic mass is 16.5. The first-order chi connectivity index (χ1) is 9.43. The third-order valence-electron chi connectivity index (χ3n) is 3.24. The van der Waals surface area contributed by atoms with Gasteiger partial charge >= 0.3 is 0 Å². The maximum Gasteiger partial charge on any atom is 0.234 e. The molecule has 1 aromatic rings. The van der Waals surface area contributed by atoms with Crippen LogP contribution in [-0.4, -0.2) is 25.0 Å². The topological polar surface area (TPSA) is 72.6 Å². The Hall–Kier alpha value is -1.88. The first kappa shape index (κ1) is 14.5. The number of imide groups is 1. The molecule has 0 aliphatic carbocycles. The molecule has 20 heavy (non-hydrogen) atoms. The molecule has 0 aromatic heterocycles. The number of carbonyl (C=O) groups is 2. The highest BCUT2D eigenvalue weighted by Crippen LogP contribution is 2.34. The molecule has 0 unspecified atom stereocenters. The van der Waals surface area contributed by atoms with Gasteiger partial charge in [0.2, 0.25) is 11.8 Å². The predicted octanol–water partition coefficient (Wildman–Crippen LogP) is 1.70. The number of amides is 2. The molecule has 108 valence electrons. The standard InChI is InChI=1S/C15H20N2O3/c1-15(2)9-13(18)17(14(19)10-15)11-3-5-12(6-4-11)20-8-7-16/h3-6H,7-10,16H2,1-2H3. The van der Waals surface area contributed by atoms with Gasteiger partial charge in [-0.1, -0.05) is 13.8 Å². The van der Waals surface area contributed by atoms with Crippen molar-refractivity contribution in [3.63, 3.8) is 0 Å². The summed E-state index contributed by atoms with van der Waals surface area (Å²) >= 11 is 0. The maximum absolute atomic E-state index is 12.1. The fourth-order valence-corrected chi connectivity index (χ4v) is 2.33. The van der Waals surface area contributed by atoms with Crippen LogP contribution in [0.5, 0.6) is 5.75 Å². The molecule has 1 fully saturated rings. The monoisotopic (exact) mass is 276 g/mol. The van der Waals surface area contributed by atoms with Crippen LogP contribution in [0.1, 0.15) is 26.7 Å². The van der Waals surface area contributed by atoms with E-state index in [0.29, 0.717) is 37.4 Å². The molecule has 1 aliphatic heterocycles. The van der Waals surface area contributed by atoms with E-state index in [9.17, 15) is 9.59 Å². The fraction of sp³-hybridized carbons (Fsp3) is 0.467. The van der Waals surface area contributed by atoms with Crippen molar-refractivity contribution in [3.8, 4) is 5.75 Å². The molecule has 2 amide bonds. The summed E-state index contributed by atoms with van der Waals surface area (Å²) in [6, 6.07) is 6.93. The van der Waals surface area contributed by atoms with Crippen LogP contribution in [0.25, 0.3) is 0 Å². The summed E-state index contributed by atoms with van der Waals surface area (Å²) in [5.74, 6) is 0.375. The molecule has 0 spiro atoms. The Labute approximate surface area is 118 Å². The number of ether oxygens (including phenoxy) is 1. The van der Waals surface area contributed by atoms with Crippen LogP contribution in [0, 0.1) is 5.41 Å². The number of rotatable bonds is 4.